The minimum atomic E-state index is 0.154. The van der Waals surface area contributed by atoms with E-state index in [1.807, 2.05) is 13.0 Å². The van der Waals surface area contributed by atoms with E-state index in [9.17, 15) is 0 Å². The molecule has 0 amide bonds. The lowest BCUT2D eigenvalue weighted by Gasteiger charge is -2.53. The zero-order valence-electron chi connectivity index (χ0n) is 11.5. The number of pyridine rings is 1. The molecule has 0 bridgehead atoms. The summed E-state index contributed by atoms with van der Waals surface area (Å²) in [6.07, 6.45) is 4.13. The van der Waals surface area contributed by atoms with Crippen molar-refractivity contribution in [1.29, 1.82) is 0 Å². The molecule has 1 aliphatic rings. The number of ether oxygens (including phenoxy) is 1. The Labute approximate surface area is 128 Å². The summed E-state index contributed by atoms with van der Waals surface area (Å²) in [5, 5.41) is 4.03. The number of halogens is 2. The monoisotopic (exact) mass is 346 g/mol. The minimum absolute atomic E-state index is 0.154. The molecule has 3 nitrogen and oxygen atoms in total. The van der Waals surface area contributed by atoms with E-state index in [2.05, 4.69) is 40.1 Å². The summed E-state index contributed by atoms with van der Waals surface area (Å²) in [5.74, 6) is 0. The van der Waals surface area contributed by atoms with Gasteiger partial charge in [-0.2, -0.15) is 0 Å². The van der Waals surface area contributed by atoms with Gasteiger partial charge in [0.25, 0.3) is 0 Å². The molecule has 1 N–H and O–H groups in total. The van der Waals surface area contributed by atoms with Crippen molar-refractivity contribution in [1.82, 2.24) is 4.98 Å². The second-order valence-electron chi connectivity index (χ2n) is 5.23. The van der Waals surface area contributed by atoms with Crippen LogP contribution in [0, 0.1) is 5.41 Å². The van der Waals surface area contributed by atoms with Crippen LogP contribution in [0.5, 0.6) is 0 Å². The van der Waals surface area contributed by atoms with Crippen LogP contribution >= 0.6 is 27.5 Å². The Morgan fingerprint density at radius 3 is 2.95 bits per heavy atom. The third kappa shape index (κ3) is 2.91. The van der Waals surface area contributed by atoms with Gasteiger partial charge in [-0.1, -0.05) is 25.4 Å². The van der Waals surface area contributed by atoms with Crippen LogP contribution in [0.15, 0.2) is 16.7 Å². The van der Waals surface area contributed by atoms with Crippen LogP contribution in [0.3, 0.4) is 0 Å². The summed E-state index contributed by atoms with van der Waals surface area (Å²) >= 11 is 9.55. The molecule has 1 aromatic heterocycles. The van der Waals surface area contributed by atoms with Gasteiger partial charge in [0.1, 0.15) is 0 Å². The zero-order chi connectivity index (χ0) is 14.0. The van der Waals surface area contributed by atoms with Gasteiger partial charge in [0, 0.05) is 28.7 Å². The van der Waals surface area contributed by atoms with E-state index in [0.29, 0.717) is 17.3 Å². The second-order valence-corrected chi connectivity index (χ2v) is 6.50. The number of aromatic nitrogens is 1. The van der Waals surface area contributed by atoms with Gasteiger partial charge in [-0.15, -0.1) is 0 Å². The lowest BCUT2D eigenvalue weighted by molar-refractivity contribution is -0.109. The van der Waals surface area contributed by atoms with Gasteiger partial charge in [0.05, 0.1) is 11.8 Å². The fraction of sp³-hybridized carbons (Fsp3) is 0.643. The molecule has 2 rings (SSSR count). The van der Waals surface area contributed by atoms with E-state index in [4.69, 9.17) is 16.3 Å². The molecule has 3 atom stereocenters. The molecule has 1 saturated carbocycles. The van der Waals surface area contributed by atoms with Crippen molar-refractivity contribution >= 4 is 33.2 Å². The zero-order valence-corrected chi connectivity index (χ0v) is 13.9. The summed E-state index contributed by atoms with van der Waals surface area (Å²) in [6, 6.07) is 2.35. The normalized spacial score (nSPS) is 29.9. The van der Waals surface area contributed by atoms with Crippen LogP contribution in [0.25, 0.3) is 0 Å². The number of nitrogens with zero attached hydrogens (tertiary/aromatic N) is 1. The Bertz CT molecular complexity index is 457. The van der Waals surface area contributed by atoms with Crippen molar-refractivity contribution in [2.75, 3.05) is 11.9 Å². The van der Waals surface area contributed by atoms with Crippen molar-refractivity contribution in [3.63, 3.8) is 0 Å². The molecule has 0 spiro atoms. The van der Waals surface area contributed by atoms with Gasteiger partial charge in [-0.05, 0) is 41.8 Å². The van der Waals surface area contributed by atoms with E-state index >= 15 is 0 Å². The lowest BCUT2D eigenvalue weighted by atomic mass is 9.61. The topological polar surface area (TPSA) is 34.1 Å². The van der Waals surface area contributed by atoms with Gasteiger partial charge in [0.15, 0.2) is 5.15 Å². The van der Waals surface area contributed by atoms with Crippen molar-refractivity contribution < 1.29 is 4.74 Å². The first kappa shape index (κ1) is 15.1. The Balaban J connectivity index is 2.10. The Hall–Kier alpha value is -0.320. The van der Waals surface area contributed by atoms with E-state index in [1.165, 1.54) is 0 Å². The largest absolute Gasteiger partial charge is 0.379 e. The van der Waals surface area contributed by atoms with Crippen LogP contribution in [0.1, 0.15) is 33.6 Å². The molecule has 106 valence electrons. The van der Waals surface area contributed by atoms with E-state index in [0.717, 1.165) is 29.6 Å². The van der Waals surface area contributed by atoms with Crippen molar-refractivity contribution in [2.24, 2.45) is 5.41 Å². The summed E-state index contributed by atoms with van der Waals surface area (Å²) in [5.41, 5.74) is 1.04. The van der Waals surface area contributed by atoms with E-state index in [-0.39, 0.29) is 5.41 Å². The standard InChI is InChI=1S/C14H20BrClN2O/c1-4-14(3)11(7-12(14)19-5-2)18-10-6-9(15)8-17-13(10)16/h6,8,11-12,18H,4-5,7H2,1-3H3. The van der Waals surface area contributed by atoms with Gasteiger partial charge >= 0.3 is 0 Å². The minimum Gasteiger partial charge on any atom is -0.379 e. The number of anilines is 1. The Kier molecular flexibility index (Phi) is 4.75. The molecule has 1 aromatic rings. The van der Waals surface area contributed by atoms with Gasteiger partial charge in [-0.25, -0.2) is 4.98 Å². The quantitative estimate of drug-likeness (QED) is 0.796. The highest BCUT2D eigenvalue weighted by Gasteiger charge is 2.51. The van der Waals surface area contributed by atoms with E-state index < -0.39 is 0 Å². The molecular weight excluding hydrogens is 328 g/mol. The molecule has 1 fully saturated rings. The summed E-state index contributed by atoms with van der Waals surface area (Å²) in [7, 11) is 0. The fourth-order valence-electron chi connectivity index (χ4n) is 2.69. The predicted molar refractivity (Wildman–Crippen MR) is 82.8 cm³/mol. The maximum atomic E-state index is 6.13. The van der Waals surface area contributed by atoms with Crippen LogP contribution in [-0.2, 0) is 4.74 Å². The lowest BCUT2D eigenvalue weighted by Crippen LogP contribution is -2.59. The molecular formula is C14H20BrClN2O. The molecule has 1 heterocycles. The maximum Gasteiger partial charge on any atom is 0.152 e. The highest BCUT2D eigenvalue weighted by atomic mass is 79.9. The third-order valence-electron chi connectivity index (χ3n) is 4.25. The molecule has 0 aliphatic heterocycles. The molecule has 0 radical (unpaired) electrons. The first-order valence-corrected chi connectivity index (χ1v) is 7.87. The summed E-state index contributed by atoms with van der Waals surface area (Å²) < 4.78 is 6.74. The highest BCUT2D eigenvalue weighted by molar-refractivity contribution is 9.10. The van der Waals surface area contributed by atoms with Gasteiger partial charge < -0.3 is 10.1 Å². The number of hydrogen-bond donors (Lipinski definition) is 1. The first-order valence-electron chi connectivity index (χ1n) is 6.70. The average molecular weight is 348 g/mol. The van der Waals surface area contributed by atoms with Crippen molar-refractivity contribution in [3.05, 3.63) is 21.9 Å². The average Bonchev–Trinajstić information content (AvgIpc) is 2.40. The molecule has 0 aromatic carbocycles. The molecule has 19 heavy (non-hydrogen) atoms. The number of hydrogen-bond acceptors (Lipinski definition) is 3. The van der Waals surface area contributed by atoms with Crippen molar-refractivity contribution in [2.45, 2.75) is 45.8 Å². The van der Waals surface area contributed by atoms with Crippen LogP contribution in [0.2, 0.25) is 5.15 Å². The van der Waals surface area contributed by atoms with Crippen LogP contribution in [-0.4, -0.2) is 23.7 Å². The van der Waals surface area contributed by atoms with Gasteiger partial charge in [-0.3, -0.25) is 0 Å². The summed E-state index contributed by atoms with van der Waals surface area (Å²) in [4.78, 5) is 4.14. The SMILES string of the molecule is CCOC1CC(Nc2cc(Br)cnc2Cl)C1(C)CC. The van der Waals surface area contributed by atoms with Crippen LogP contribution in [0.4, 0.5) is 5.69 Å². The third-order valence-corrected chi connectivity index (χ3v) is 4.98. The Morgan fingerprint density at radius 1 is 1.58 bits per heavy atom. The number of rotatable bonds is 5. The predicted octanol–water partition coefficient (Wildman–Crippen LogP) is 4.50. The summed E-state index contributed by atoms with van der Waals surface area (Å²) in [6.45, 7) is 7.30. The fourth-order valence-corrected chi connectivity index (χ4v) is 3.17. The molecule has 0 saturated heterocycles. The number of nitrogens with one attached hydrogen (secondary N) is 1. The molecule has 3 unspecified atom stereocenters. The highest BCUT2D eigenvalue weighted by Crippen LogP contribution is 2.47. The van der Waals surface area contributed by atoms with Gasteiger partial charge in [0.2, 0.25) is 0 Å². The van der Waals surface area contributed by atoms with Crippen LogP contribution < -0.4 is 5.32 Å². The molecule has 5 heteroatoms. The second kappa shape index (κ2) is 5.98. The van der Waals surface area contributed by atoms with E-state index in [1.54, 1.807) is 6.20 Å². The Morgan fingerprint density at radius 2 is 2.32 bits per heavy atom. The smallest absolute Gasteiger partial charge is 0.152 e. The molecule has 1 aliphatic carbocycles. The maximum absolute atomic E-state index is 6.13. The first-order chi connectivity index (χ1) is 9.01. The van der Waals surface area contributed by atoms with Crippen molar-refractivity contribution in [3.8, 4) is 0 Å².